The van der Waals surface area contributed by atoms with Crippen molar-refractivity contribution >= 4 is 47.7 Å². The van der Waals surface area contributed by atoms with Gasteiger partial charge < -0.3 is 40.2 Å². The Kier molecular flexibility index (Phi) is 19.0. The Bertz CT molecular complexity index is 2150. The molecular formula is C51H62N4O10S. The van der Waals surface area contributed by atoms with E-state index in [0.717, 1.165) is 16.7 Å². The van der Waals surface area contributed by atoms with Gasteiger partial charge in [0.25, 0.3) is 0 Å². The van der Waals surface area contributed by atoms with Crippen molar-refractivity contribution in [2.24, 2.45) is 11.7 Å². The summed E-state index contributed by atoms with van der Waals surface area (Å²) in [5, 5.41) is 5.18. The molecule has 0 heterocycles. The van der Waals surface area contributed by atoms with Crippen LogP contribution in [0.4, 0.5) is 14.4 Å². The molecule has 66 heavy (non-hydrogen) atoms. The second kappa shape index (κ2) is 24.1. The largest absolute Gasteiger partial charge is 0.460 e. The summed E-state index contributed by atoms with van der Waals surface area (Å²) < 4.78 is 20.8. The van der Waals surface area contributed by atoms with Gasteiger partial charge >= 0.3 is 24.2 Å². The molecule has 1 unspecified atom stereocenters. The summed E-state index contributed by atoms with van der Waals surface area (Å²) in [5.41, 5.74) is 7.91. The van der Waals surface area contributed by atoms with Crippen LogP contribution in [-0.4, -0.2) is 90.1 Å². The lowest BCUT2D eigenvalue weighted by Crippen LogP contribution is -2.47. The standard InChI is InChI=1S/C51H62N4O10S/c1-9-31-62-45(58)41(54-47(60)64-49(2,3)4)32-35-25-27-40(28-26-35)63-46(59)53-30-29-42(55(8)48(61)65-50(5,6)7)43(56)33-36(44(52)57)34-66-51(37-19-13-10-14-20-37,38-21-15-11-16-22-38)39-23-17-12-18-24-39/h9-28,36,41-42H,1,29-34H2,2-8H3,(H2,52,57)(H,53,59)(H,54,60)/t36-,41-,42?/m0/s1. The normalized spacial score (nSPS) is 12.9. The molecule has 0 spiro atoms. The first-order chi connectivity index (χ1) is 31.2. The van der Waals surface area contributed by atoms with Crippen molar-refractivity contribution in [3.8, 4) is 5.75 Å². The average Bonchev–Trinajstić information content (AvgIpc) is 3.26. The lowest BCUT2D eigenvalue weighted by molar-refractivity contribution is -0.144. The Hall–Kier alpha value is -6.61. The van der Waals surface area contributed by atoms with Gasteiger partial charge in [-0.25, -0.2) is 19.2 Å². The van der Waals surface area contributed by atoms with Gasteiger partial charge in [-0.15, -0.1) is 11.8 Å². The number of likely N-dealkylation sites (N-methyl/N-ethyl adjacent to an activating group) is 1. The fourth-order valence-corrected chi connectivity index (χ4v) is 8.56. The van der Waals surface area contributed by atoms with Crippen molar-refractivity contribution in [3.05, 3.63) is 150 Å². The zero-order valence-corrected chi connectivity index (χ0v) is 39.6. The van der Waals surface area contributed by atoms with Gasteiger partial charge in [0, 0.05) is 32.2 Å². The van der Waals surface area contributed by atoms with E-state index in [9.17, 15) is 28.8 Å². The van der Waals surface area contributed by atoms with E-state index in [1.165, 1.54) is 41.9 Å². The number of nitrogens with zero attached hydrogens (tertiary/aromatic N) is 1. The van der Waals surface area contributed by atoms with Crippen LogP contribution in [0.1, 0.15) is 76.6 Å². The summed E-state index contributed by atoms with van der Waals surface area (Å²) in [6.07, 6.45) is -1.26. The fourth-order valence-electron chi connectivity index (χ4n) is 6.91. The minimum atomic E-state index is -1.12. The smallest absolute Gasteiger partial charge is 0.412 e. The van der Waals surface area contributed by atoms with Gasteiger partial charge in [0.1, 0.15) is 29.6 Å². The molecule has 15 heteroatoms. The van der Waals surface area contributed by atoms with Crippen LogP contribution in [0.3, 0.4) is 0 Å². The minimum Gasteiger partial charge on any atom is -0.460 e. The van der Waals surface area contributed by atoms with E-state index < -0.39 is 69.9 Å². The topological polar surface area (TPSA) is 193 Å². The number of esters is 1. The molecule has 0 fully saturated rings. The molecule has 0 aliphatic carbocycles. The zero-order chi connectivity index (χ0) is 48.5. The monoisotopic (exact) mass is 922 g/mol. The van der Waals surface area contributed by atoms with Crippen LogP contribution in [0.25, 0.3) is 0 Å². The number of alkyl carbamates (subject to hydrolysis) is 1. The molecule has 352 valence electrons. The molecule has 0 bridgehead atoms. The number of hydrogen-bond donors (Lipinski definition) is 3. The van der Waals surface area contributed by atoms with E-state index in [0.29, 0.717) is 5.56 Å². The highest BCUT2D eigenvalue weighted by Gasteiger charge is 2.39. The highest BCUT2D eigenvalue weighted by molar-refractivity contribution is 8.00. The van der Waals surface area contributed by atoms with Crippen molar-refractivity contribution in [2.75, 3.05) is 26.0 Å². The number of ether oxygens (including phenoxy) is 4. The number of amides is 4. The third-order valence-electron chi connectivity index (χ3n) is 9.99. The first kappa shape index (κ1) is 52.0. The number of rotatable bonds is 21. The predicted octanol–water partition coefficient (Wildman–Crippen LogP) is 8.35. The molecule has 0 aliphatic rings. The summed E-state index contributed by atoms with van der Waals surface area (Å²) in [6, 6.07) is 33.9. The number of carbonyl (C=O) groups excluding carboxylic acids is 6. The second-order valence-electron chi connectivity index (χ2n) is 17.5. The molecule has 3 atom stereocenters. The number of ketones is 1. The molecule has 4 aromatic carbocycles. The Morgan fingerprint density at radius 3 is 1.73 bits per heavy atom. The van der Waals surface area contributed by atoms with Gasteiger partial charge in [0.2, 0.25) is 5.91 Å². The maximum Gasteiger partial charge on any atom is 0.412 e. The van der Waals surface area contributed by atoms with Crippen molar-refractivity contribution < 1.29 is 47.7 Å². The van der Waals surface area contributed by atoms with Crippen molar-refractivity contribution in [1.29, 1.82) is 0 Å². The molecular weight excluding hydrogens is 861 g/mol. The Morgan fingerprint density at radius 1 is 0.742 bits per heavy atom. The van der Waals surface area contributed by atoms with Crippen LogP contribution in [0.15, 0.2) is 128 Å². The summed E-state index contributed by atoms with van der Waals surface area (Å²) >= 11 is 1.50. The molecule has 4 rings (SSSR count). The quantitative estimate of drug-likeness (QED) is 0.0315. The molecule has 14 nitrogen and oxygen atoms in total. The molecule has 0 saturated carbocycles. The van der Waals surface area contributed by atoms with Crippen molar-refractivity contribution in [3.63, 3.8) is 0 Å². The van der Waals surface area contributed by atoms with Gasteiger partial charge in [0.05, 0.1) is 16.7 Å². The lowest BCUT2D eigenvalue weighted by Gasteiger charge is -2.36. The first-order valence-electron chi connectivity index (χ1n) is 21.6. The van der Waals surface area contributed by atoms with Gasteiger partial charge in [-0.1, -0.05) is 116 Å². The van der Waals surface area contributed by atoms with Crippen LogP contribution in [0, 0.1) is 5.92 Å². The number of hydrogen-bond acceptors (Lipinski definition) is 11. The average molecular weight is 923 g/mol. The highest BCUT2D eigenvalue weighted by atomic mass is 32.2. The Labute approximate surface area is 392 Å². The van der Waals surface area contributed by atoms with Crippen LogP contribution in [0.2, 0.25) is 0 Å². The summed E-state index contributed by atoms with van der Waals surface area (Å²) in [5.74, 6) is -2.42. The fraction of sp³-hybridized carbons (Fsp3) is 0.373. The van der Waals surface area contributed by atoms with Crippen LogP contribution in [-0.2, 0) is 39.8 Å². The van der Waals surface area contributed by atoms with Crippen LogP contribution in [0.5, 0.6) is 5.75 Å². The lowest BCUT2D eigenvalue weighted by atomic mass is 9.84. The molecule has 0 radical (unpaired) electrons. The maximum absolute atomic E-state index is 14.3. The first-order valence-corrected chi connectivity index (χ1v) is 22.6. The summed E-state index contributed by atoms with van der Waals surface area (Å²) in [4.78, 5) is 80.3. The molecule has 4 amide bonds. The van der Waals surface area contributed by atoms with E-state index in [4.69, 9.17) is 24.7 Å². The SMILES string of the molecule is C=CCOC(=O)[C@H](Cc1ccc(OC(=O)NCCC(C(=O)C[C@@H](CSC(c2ccccc2)(c2ccccc2)c2ccccc2)C(N)=O)N(C)C(=O)OC(C)(C)C)cc1)NC(=O)OC(C)(C)C. The molecule has 4 N–H and O–H groups in total. The highest BCUT2D eigenvalue weighted by Crippen LogP contribution is 2.49. The number of carbonyl (C=O) groups is 6. The number of Topliss-reactive ketones (excluding diaryl/α,β-unsaturated/α-hetero) is 1. The van der Waals surface area contributed by atoms with Gasteiger partial charge in [-0.05, 0) is 82.3 Å². The van der Waals surface area contributed by atoms with E-state index >= 15 is 0 Å². The van der Waals surface area contributed by atoms with E-state index in [-0.39, 0.29) is 43.9 Å². The number of nitrogens with two attached hydrogens (primary N) is 1. The predicted molar refractivity (Wildman–Crippen MR) is 255 cm³/mol. The van der Waals surface area contributed by atoms with Crippen LogP contribution >= 0.6 is 11.8 Å². The molecule has 0 saturated heterocycles. The Morgan fingerprint density at radius 2 is 1.26 bits per heavy atom. The number of primary amides is 1. The van der Waals surface area contributed by atoms with Gasteiger partial charge in [-0.2, -0.15) is 0 Å². The number of nitrogens with one attached hydrogen (secondary N) is 2. The Balaban J connectivity index is 1.48. The third-order valence-corrected chi connectivity index (χ3v) is 11.7. The summed E-state index contributed by atoms with van der Waals surface area (Å²) in [6.45, 7) is 13.6. The van der Waals surface area contributed by atoms with Crippen molar-refractivity contribution in [1.82, 2.24) is 15.5 Å². The molecule has 0 aliphatic heterocycles. The van der Waals surface area contributed by atoms with Crippen LogP contribution < -0.4 is 21.1 Å². The molecule has 0 aromatic heterocycles. The zero-order valence-electron chi connectivity index (χ0n) is 38.7. The third kappa shape index (κ3) is 15.8. The minimum absolute atomic E-state index is 0.0444. The van der Waals surface area contributed by atoms with E-state index in [1.807, 2.05) is 91.0 Å². The number of thioether (sulfide) groups is 1. The molecule has 4 aromatic rings. The maximum atomic E-state index is 14.3. The number of benzene rings is 4. The summed E-state index contributed by atoms with van der Waals surface area (Å²) in [7, 11) is 1.43. The van der Waals surface area contributed by atoms with Crippen molar-refractivity contribution in [2.45, 2.75) is 88.8 Å². The van der Waals surface area contributed by atoms with Gasteiger partial charge in [-0.3, -0.25) is 9.59 Å². The van der Waals surface area contributed by atoms with Gasteiger partial charge in [0.15, 0.2) is 5.78 Å². The van der Waals surface area contributed by atoms with E-state index in [2.05, 4.69) is 17.2 Å². The second-order valence-corrected chi connectivity index (χ2v) is 18.8. The van der Waals surface area contributed by atoms with E-state index in [1.54, 1.807) is 53.7 Å².